The molecule has 0 aliphatic rings. The number of aryl methyl sites for hydroxylation is 1. The van der Waals surface area contributed by atoms with Crippen molar-refractivity contribution in [2.75, 3.05) is 27.2 Å². The largest absolute Gasteiger partial charge is 0.355 e. The number of hydrogen-bond donors (Lipinski definition) is 2. The molecule has 6 heteroatoms. The summed E-state index contributed by atoms with van der Waals surface area (Å²) in [5.41, 5.74) is 1.13. The van der Waals surface area contributed by atoms with Crippen molar-refractivity contribution >= 4 is 5.96 Å². The second-order valence-corrected chi connectivity index (χ2v) is 5.04. The normalized spacial score (nSPS) is 13.6. The molecule has 0 bridgehead atoms. The molecule has 6 nitrogen and oxygen atoms in total. The SMILES string of the molecule is CCC(C)N(C)CCNC(=NC)NCc1ccnn1C. The lowest BCUT2D eigenvalue weighted by Crippen LogP contribution is -2.42. The molecule has 0 fully saturated rings. The summed E-state index contributed by atoms with van der Waals surface area (Å²) in [7, 11) is 5.88. The molecule has 0 spiro atoms. The zero-order valence-corrected chi connectivity index (χ0v) is 13.3. The lowest BCUT2D eigenvalue weighted by atomic mass is 10.2. The van der Waals surface area contributed by atoms with Crippen LogP contribution in [-0.2, 0) is 13.6 Å². The van der Waals surface area contributed by atoms with Gasteiger partial charge in [-0.15, -0.1) is 0 Å². The Bertz CT molecular complexity index is 412. The third-order valence-corrected chi connectivity index (χ3v) is 3.68. The maximum absolute atomic E-state index is 4.23. The average molecular weight is 280 g/mol. The topological polar surface area (TPSA) is 57.5 Å². The molecule has 20 heavy (non-hydrogen) atoms. The Labute approximate surface area is 122 Å². The van der Waals surface area contributed by atoms with Gasteiger partial charge in [-0.3, -0.25) is 9.67 Å². The Balaban J connectivity index is 2.29. The third kappa shape index (κ3) is 5.21. The van der Waals surface area contributed by atoms with Gasteiger partial charge in [-0.05, 0) is 26.5 Å². The first kappa shape index (κ1) is 16.5. The maximum Gasteiger partial charge on any atom is 0.191 e. The highest BCUT2D eigenvalue weighted by Gasteiger charge is 2.06. The highest BCUT2D eigenvalue weighted by molar-refractivity contribution is 5.79. The number of aromatic nitrogens is 2. The summed E-state index contributed by atoms with van der Waals surface area (Å²) in [5, 5.41) is 10.8. The molecular formula is C14H28N6. The van der Waals surface area contributed by atoms with Gasteiger partial charge < -0.3 is 15.5 Å². The quantitative estimate of drug-likeness (QED) is 0.573. The van der Waals surface area contributed by atoms with E-state index in [0.717, 1.165) is 31.3 Å². The van der Waals surface area contributed by atoms with Crippen LogP contribution in [-0.4, -0.2) is 53.9 Å². The van der Waals surface area contributed by atoms with Gasteiger partial charge in [0.15, 0.2) is 5.96 Å². The summed E-state index contributed by atoms with van der Waals surface area (Å²) in [5.74, 6) is 0.823. The van der Waals surface area contributed by atoms with E-state index in [9.17, 15) is 0 Å². The van der Waals surface area contributed by atoms with Crippen molar-refractivity contribution in [2.45, 2.75) is 32.9 Å². The Morgan fingerprint density at radius 1 is 1.50 bits per heavy atom. The molecule has 1 unspecified atom stereocenters. The van der Waals surface area contributed by atoms with E-state index in [-0.39, 0.29) is 0 Å². The van der Waals surface area contributed by atoms with Crippen LogP contribution >= 0.6 is 0 Å². The molecular weight excluding hydrogens is 252 g/mol. The number of aliphatic imine (C=N–C) groups is 1. The van der Waals surface area contributed by atoms with Gasteiger partial charge in [-0.1, -0.05) is 6.92 Å². The standard InChI is InChI=1S/C14H28N6/c1-6-12(2)19(4)10-9-16-14(15-3)17-11-13-7-8-18-20(13)5/h7-8,12H,6,9-11H2,1-5H3,(H2,15,16,17). The van der Waals surface area contributed by atoms with Crippen molar-refractivity contribution < 1.29 is 0 Å². The zero-order chi connectivity index (χ0) is 15.0. The van der Waals surface area contributed by atoms with Crippen molar-refractivity contribution in [3.05, 3.63) is 18.0 Å². The minimum absolute atomic E-state index is 0.612. The number of guanidine groups is 1. The number of nitrogens with one attached hydrogen (secondary N) is 2. The van der Waals surface area contributed by atoms with E-state index in [1.54, 1.807) is 13.2 Å². The molecule has 0 aliphatic heterocycles. The second kappa shape index (κ2) is 8.58. The Hall–Kier alpha value is -1.56. The minimum Gasteiger partial charge on any atom is -0.355 e. The van der Waals surface area contributed by atoms with Crippen molar-refractivity contribution in [3.8, 4) is 0 Å². The molecule has 0 radical (unpaired) electrons. The van der Waals surface area contributed by atoms with Gasteiger partial charge in [0, 0.05) is 39.4 Å². The Kier molecular flexibility index (Phi) is 7.08. The number of likely N-dealkylation sites (N-methyl/N-ethyl adjacent to an activating group) is 1. The molecule has 2 N–H and O–H groups in total. The first-order valence-electron chi connectivity index (χ1n) is 7.20. The predicted octanol–water partition coefficient (Wildman–Crippen LogP) is 0.815. The van der Waals surface area contributed by atoms with E-state index in [1.807, 2.05) is 17.8 Å². The Morgan fingerprint density at radius 2 is 2.25 bits per heavy atom. The molecule has 1 atom stereocenters. The maximum atomic E-state index is 4.23. The molecule has 1 rings (SSSR count). The monoisotopic (exact) mass is 280 g/mol. The predicted molar refractivity (Wildman–Crippen MR) is 83.8 cm³/mol. The lowest BCUT2D eigenvalue weighted by molar-refractivity contribution is 0.255. The van der Waals surface area contributed by atoms with E-state index < -0.39 is 0 Å². The summed E-state index contributed by atoms with van der Waals surface area (Å²) in [6.45, 7) is 7.06. The van der Waals surface area contributed by atoms with E-state index in [2.05, 4.69) is 46.5 Å². The van der Waals surface area contributed by atoms with Gasteiger partial charge in [0.1, 0.15) is 0 Å². The zero-order valence-electron chi connectivity index (χ0n) is 13.3. The highest BCUT2D eigenvalue weighted by Crippen LogP contribution is 1.98. The summed E-state index contributed by atoms with van der Waals surface area (Å²) in [6, 6.07) is 2.61. The van der Waals surface area contributed by atoms with E-state index >= 15 is 0 Å². The van der Waals surface area contributed by atoms with Crippen LogP contribution in [0, 0.1) is 0 Å². The summed E-state index contributed by atoms with van der Waals surface area (Å²) in [6.07, 6.45) is 2.97. The van der Waals surface area contributed by atoms with Gasteiger partial charge in [0.2, 0.25) is 0 Å². The summed E-state index contributed by atoms with van der Waals surface area (Å²) < 4.78 is 1.86. The molecule has 1 aromatic heterocycles. The van der Waals surface area contributed by atoms with Crippen LogP contribution in [0.15, 0.2) is 17.3 Å². The van der Waals surface area contributed by atoms with Crippen LogP contribution in [0.25, 0.3) is 0 Å². The molecule has 0 amide bonds. The summed E-state index contributed by atoms with van der Waals surface area (Å²) >= 11 is 0. The summed E-state index contributed by atoms with van der Waals surface area (Å²) in [4.78, 5) is 6.57. The lowest BCUT2D eigenvalue weighted by Gasteiger charge is -2.23. The van der Waals surface area contributed by atoms with E-state index in [0.29, 0.717) is 6.04 Å². The molecule has 114 valence electrons. The van der Waals surface area contributed by atoms with Gasteiger partial charge in [0.25, 0.3) is 0 Å². The molecule has 0 aliphatic carbocycles. The Morgan fingerprint density at radius 3 is 2.80 bits per heavy atom. The number of rotatable bonds is 7. The van der Waals surface area contributed by atoms with Crippen LogP contribution in [0.5, 0.6) is 0 Å². The second-order valence-electron chi connectivity index (χ2n) is 5.04. The number of nitrogens with zero attached hydrogens (tertiary/aromatic N) is 4. The average Bonchev–Trinajstić information content (AvgIpc) is 2.86. The van der Waals surface area contributed by atoms with Gasteiger partial charge in [0.05, 0.1) is 12.2 Å². The fourth-order valence-corrected chi connectivity index (χ4v) is 1.85. The fourth-order valence-electron chi connectivity index (χ4n) is 1.85. The minimum atomic E-state index is 0.612. The molecule has 1 heterocycles. The van der Waals surface area contributed by atoms with E-state index in [1.165, 1.54) is 6.42 Å². The third-order valence-electron chi connectivity index (χ3n) is 3.68. The van der Waals surface area contributed by atoms with Crippen LogP contribution in [0.4, 0.5) is 0 Å². The van der Waals surface area contributed by atoms with Crippen LogP contribution in [0.2, 0.25) is 0 Å². The van der Waals surface area contributed by atoms with Gasteiger partial charge >= 0.3 is 0 Å². The van der Waals surface area contributed by atoms with Crippen LogP contribution in [0.3, 0.4) is 0 Å². The van der Waals surface area contributed by atoms with Crippen molar-refractivity contribution in [3.63, 3.8) is 0 Å². The molecule has 0 saturated heterocycles. The van der Waals surface area contributed by atoms with Crippen molar-refractivity contribution in [2.24, 2.45) is 12.0 Å². The number of hydrogen-bond acceptors (Lipinski definition) is 3. The van der Waals surface area contributed by atoms with Gasteiger partial charge in [-0.25, -0.2) is 0 Å². The molecule has 0 aromatic carbocycles. The van der Waals surface area contributed by atoms with E-state index in [4.69, 9.17) is 0 Å². The first-order chi connectivity index (χ1) is 9.58. The highest BCUT2D eigenvalue weighted by atomic mass is 15.3. The van der Waals surface area contributed by atoms with Crippen LogP contribution in [0.1, 0.15) is 26.0 Å². The fraction of sp³-hybridized carbons (Fsp3) is 0.714. The smallest absolute Gasteiger partial charge is 0.191 e. The van der Waals surface area contributed by atoms with Crippen molar-refractivity contribution in [1.82, 2.24) is 25.3 Å². The van der Waals surface area contributed by atoms with Crippen molar-refractivity contribution in [1.29, 1.82) is 0 Å². The van der Waals surface area contributed by atoms with Crippen LogP contribution < -0.4 is 10.6 Å². The first-order valence-corrected chi connectivity index (χ1v) is 7.20. The molecule has 0 saturated carbocycles. The van der Waals surface area contributed by atoms with Gasteiger partial charge in [-0.2, -0.15) is 5.10 Å². The molecule has 1 aromatic rings.